The highest BCUT2D eigenvalue weighted by Crippen LogP contribution is 1.66. The van der Waals surface area contributed by atoms with Crippen LogP contribution in [0.15, 0.2) is 24.3 Å². The molecule has 0 aliphatic heterocycles. The molecule has 0 saturated heterocycles. The third-order valence-corrected chi connectivity index (χ3v) is 1.04. The van der Waals surface area contributed by atoms with Crippen LogP contribution in [0.3, 0.4) is 0 Å². The van der Waals surface area contributed by atoms with E-state index in [1.54, 1.807) is 0 Å². The third kappa shape index (κ3) is 7.40. The zero-order valence-electron chi connectivity index (χ0n) is 6.72. The molecule has 2 N–H and O–H groups in total. The molecule has 0 aliphatic carbocycles. The van der Waals surface area contributed by atoms with Gasteiger partial charge in [0.1, 0.15) is 0 Å². The molecule has 0 atom stereocenters. The van der Waals surface area contributed by atoms with Gasteiger partial charge in [-0.15, -0.1) is 0 Å². The average Bonchev–Trinajstić information content (AvgIpc) is 1.97. The van der Waals surface area contributed by atoms with E-state index in [4.69, 9.17) is 0 Å². The van der Waals surface area contributed by atoms with Gasteiger partial charge in [-0.1, -0.05) is 24.3 Å². The molecule has 0 bridgehead atoms. The molecule has 0 aromatic heterocycles. The Kier molecular flexibility index (Phi) is 7.90. The number of hydrazine groups is 1. The van der Waals surface area contributed by atoms with E-state index in [-0.39, 0.29) is 0 Å². The maximum atomic E-state index is 3.03. The van der Waals surface area contributed by atoms with Gasteiger partial charge < -0.3 is 0 Å². The summed E-state index contributed by atoms with van der Waals surface area (Å²) in [4.78, 5) is 0. The summed E-state index contributed by atoms with van der Waals surface area (Å²) in [5.41, 5.74) is 6.07. The lowest BCUT2D eigenvalue weighted by atomic mass is 10.5. The van der Waals surface area contributed by atoms with E-state index >= 15 is 0 Å². The number of nitrogens with one attached hydrogen (secondary N) is 2. The van der Waals surface area contributed by atoms with E-state index in [2.05, 4.69) is 23.0 Å². The lowest BCUT2D eigenvalue weighted by molar-refractivity contribution is 0.610. The fourth-order valence-electron chi connectivity index (χ4n) is 0.498. The van der Waals surface area contributed by atoms with Crippen LogP contribution in [-0.2, 0) is 0 Å². The number of rotatable bonds is 5. The van der Waals surface area contributed by atoms with Crippen molar-refractivity contribution < 1.29 is 0 Å². The monoisotopic (exact) mass is 140 g/mol. The summed E-state index contributed by atoms with van der Waals surface area (Å²) in [5.74, 6) is 0. The first-order chi connectivity index (χ1) is 4.91. The van der Waals surface area contributed by atoms with Crippen molar-refractivity contribution in [3.8, 4) is 0 Å². The van der Waals surface area contributed by atoms with Gasteiger partial charge in [0.05, 0.1) is 0 Å². The minimum Gasteiger partial charge on any atom is -0.254 e. The van der Waals surface area contributed by atoms with Crippen molar-refractivity contribution in [2.24, 2.45) is 0 Å². The normalized spacial score (nSPS) is 11.8. The van der Waals surface area contributed by atoms with Crippen LogP contribution in [0, 0.1) is 0 Å². The van der Waals surface area contributed by atoms with Gasteiger partial charge in [0.2, 0.25) is 0 Å². The molecule has 0 aromatic carbocycles. The highest BCUT2D eigenvalue weighted by atomic mass is 15.3. The fraction of sp³-hybridized carbons (Fsp3) is 0.500. The Morgan fingerprint density at radius 2 is 1.30 bits per heavy atom. The second-order valence-electron chi connectivity index (χ2n) is 1.90. The molecule has 0 radical (unpaired) electrons. The summed E-state index contributed by atoms with van der Waals surface area (Å²) >= 11 is 0. The molecular weight excluding hydrogens is 124 g/mol. The molecule has 0 amide bonds. The van der Waals surface area contributed by atoms with Crippen LogP contribution in [-0.4, -0.2) is 13.1 Å². The summed E-state index contributed by atoms with van der Waals surface area (Å²) in [5, 5.41) is 0. The minimum absolute atomic E-state index is 0.883. The van der Waals surface area contributed by atoms with Gasteiger partial charge >= 0.3 is 0 Å². The van der Waals surface area contributed by atoms with E-state index in [0.717, 1.165) is 13.1 Å². The Balaban J connectivity index is 2.90. The number of hydrogen-bond donors (Lipinski definition) is 2. The Labute approximate surface area is 63.0 Å². The maximum Gasteiger partial charge on any atom is 0.0280 e. The van der Waals surface area contributed by atoms with Crippen LogP contribution in [0.2, 0.25) is 0 Å². The number of allylic oxidation sites excluding steroid dienone is 2. The molecule has 2 nitrogen and oxygen atoms in total. The minimum atomic E-state index is 0.883. The SMILES string of the molecule is CC=CCNNC/C=C/C. The molecular formula is C8H16N2. The van der Waals surface area contributed by atoms with Crippen molar-refractivity contribution in [1.82, 2.24) is 10.9 Å². The predicted molar refractivity (Wildman–Crippen MR) is 45.6 cm³/mol. The fourth-order valence-corrected chi connectivity index (χ4v) is 0.498. The van der Waals surface area contributed by atoms with E-state index in [9.17, 15) is 0 Å². The first-order valence-electron chi connectivity index (χ1n) is 3.59. The molecule has 0 fully saturated rings. The predicted octanol–water partition coefficient (Wildman–Crippen LogP) is 1.23. The second-order valence-corrected chi connectivity index (χ2v) is 1.90. The van der Waals surface area contributed by atoms with Gasteiger partial charge in [-0.3, -0.25) is 10.9 Å². The molecule has 2 heteroatoms. The van der Waals surface area contributed by atoms with Crippen molar-refractivity contribution in [3.05, 3.63) is 24.3 Å². The standard InChI is InChI=1S/C8H16N2/c1-3-5-7-9-10-8-6-4-2/h3-6,9-10H,7-8H2,1-2H3/b5-3+,6-4?. The largest absolute Gasteiger partial charge is 0.254 e. The van der Waals surface area contributed by atoms with Gasteiger partial charge in [-0.2, -0.15) is 0 Å². The lowest BCUT2D eigenvalue weighted by Gasteiger charge is -1.98. The Morgan fingerprint density at radius 1 is 0.900 bits per heavy atom. The van der Waals surface area contributed by atoms with E-state index < -0.39 is 0 Å². The summed E-state index contributed by atoms with van der Waals surface area (Å²) in [6, 6.07) is 0. The molecule has 0 heterocycles. The summed E-state index contributed by atoms with van der Waals surface area (Å²) in [6.07, 6.45) is 8.15. The van der Waals surface area contributed by atoms with E-state index in [0.29, 0.717) is 0 Å². The topological polar surface area (TPSA) is 24.1 Å². The Hall–Kier alpha value is -0.600. The van der Waals surface area contributed by atoms with Crippen LogP contribution in [0.25, 0.3) is 0 Å². The molecule has 10 heavy (non-hydrogen) atoms. The molecule has 0 saturated carbocycles. The van der Waals surface area contributed by atoms with E-state index in [1.165, 1.54) is 0 Å². The summed E-state index contributed by atoms with van der Waals surface area (Å²) in [7, 11) is 0. The summed E-state index contributed by atoms with van der Waals surface area (Å²) < 4.78 is 0. The van der Waals surface area contributed by atoms with E-state index in [1.807, 2.05) is 26.0 Å². The van der Waals surface area contributed by atoms with Crippen LogP contribution in [0.4, 0.5) is 0 Å². The summed E-state index contributed by atoms with van der Waals surface area (Å²) in [6.45, 7) is 5.78. The third-order valence-electron chi connectivity index (χ3n) is 1.04. The zero-order valence-corrected chi connectivity index (χ0v) is 6.72. The molecule has 0 aromatic rings. The Morgan fingerprint density at radius 3 is 1.60 bits per heavy atom. The molecule has 58 valence electrons. The molecule has 0 unspecified atom stereocenters. The van der Waals surface area contributed by atoms with Gasteiger partial charge in [0.15, 0.2) is 0 Å². The molecule has 0 rings (SSSR count). The van der Waals surface area contributed by atoms with Crippen molar-refractivity contribution in [2.45, 2.75) is 13.8 Å². The van der Waals surface area contributed by atoms with Crippen LogP contribution in [0.5, 0.6) is 0 Å². The van der Waals surface area contributed by atoms with Crippen molar-refractivity contribution >= 4 is 0 Å². The molecule has 0 spiro atoms. The Bertz CT molecular complexity index is 91.8. The smallest absolute Gasteiger partial charge is 0.0280 e. The quantitative estimate of drug-likeness (QED) is 0.341. The highest BCUT2D eigenvalue weighted by Gasteiger charge is 1.74. The second kappa shape index (κ2) is 8.40. The zero-order chi connectivity index (χ0) is 7.66. The highest BCUT2D eigenvalue weighted by molar-refractivity contribution is 4.81. The van der Waals surface area contributed by atoms with Crippen LogP contribution >= 0.6 is 0 Å². The van der Waals surface area contributed by atoms with Gasteiger partial charge in [0.25, 0.3) is 0 Å². The average molecular weight is 140 g/mol. The van der Waals surface area contributed by atoms with Crippen LogP contribution in [0.1, 0.15) is 13.8 Å². The molecule has 0 aliphatic rings. The van der Waals surface area contributed by atoms with Gasteiger partial charge in [-0.25, -0.2) is 0 Å². The van der Waals surface area contributed by atoms with Gasteiger partial charge in [-0.05, 0) is 13.8 Å². The van der Waals surface area contributed by atoms with Crippen molar-refractivity contribution in [2.75, 3.05) is 13.1 Å². The van der Waals surface area contributed by atoms with Gasteiger partial charge in [0, 0.05) is 13.1 Å². The van der Waals surface area contributed by atoms with Crippen molar-refractivity contribution in [1.29, 1.82) is 0 Å². The first kappa shape index (κ1) is 9.40. The number of hydrogen-bond acceptors (Lipinski definition) is 2. The maximum absolute atomic E-state index is 3.03. The van der Waals surface area contributed by atoms with Crippen molar-refractivity contribution in [3.63, 3.8) is 0 Å². The lowest BCUT2D eigenvalue weighted by Crippen LogP contribution is -2.31. The first-order valence-corrected chi connectivity index (χ1v) is 3.59. The van der Waals surface area contributed by atoms with Crippen LogP contribution < -0.4 is 10.9 Å².